The van der Waals surface area contributed by atoms with Gasteiger partial charge in [0, 0.05) is 5.39 Å². The minimum absolute atomic E-state index is 0.0144. The maximum atomic E-state index is 11.4. The molecule has 2 aromatic rings. The molecule has 1 unspecified atom stereocenters. The predicted octanol–water partition coefficient (Wildman–Crippen LogP) is 1.44. The van der Waals surface area contributed by atoms with Crippen molar-refractivity contribution in [3.05, 3.63) is 36.1 Å². The Morgan fingerprint density at radius 3 is 2.71 bits per heavy atom. The van der Waals surface area contributed by atoms with Gasteiger partial charge in [-0.15, -0.1) is 0 Å². The zero-order chi connectivity index (χ0) is 12.1. The zero-order valence-electron chi connectivity index (χ0n) is 9.09. The van der Waals surface area contributed by atoms with Crippen LogP contribution in [-0.2, 0) is 15.4 Å². The van der Waals surface area contributed by atoms with E-state index in [1.807, 2.05) is 18.2 Å². The van der Waals surface area contributed by atoms with Gasteiger partial charge in [-0.05, 0) is 18.6 Å². The molecule has 0 aliphatic carbocycles. The molecule has 0 bridgehead atoms. The molecule has 1 fully saturated rings. The fourth-order valence-electron chi connectivity index (χ4n) is 2.24. The minimum atomic E-state index is -3.15. The summed E-state index contributed by atoms with van der Waals surface area (Å²) < 4.78 is 28.4. The van der Waals surface area contributed by atoms with E-state index in [1.54, 1.807) is 12.1 Å². The molecule has 1 atom stereocenters. The number of rotatable bonds is 1. The first-order valence-corrected chi connectivity index (χ1v) is 7.23. The molecule has 3 rings (SSSR count). The van der Waals surface area contributed by atoms with E-state index in [4.69, 9.17) is 4.42 Å². The molecule has 1 N–H and O–H groups in total. The molecule has 90 valence electrons. The van der Waals surface area contributed by atoms with Crippen molar-refractivity contribution in [2.24, 2.45) is 0 Å². The normalized spacial score (nSPS) is 27.6. The third-order valence-electron chi connectivity index (χ3n) is 3.17. The molecule has 1 aliphatic rings. The van der Waals surface area contributed by atoms with Gasteiger partial charge in [0.05, 0.1) is 11.5 Å². The summed E-state index contributed by atoms with van der Waals surface area (Å²) in [5.74, 6) is 0.111. The average Bonchev–Trinajstić information content (AvgIpc) is 2.80. The van der Waals surface area contributed by atoms with Gasteiger partial charge >= 0.3 is 0 Å². The van der Waals surface area contributed by atoms with Gasteiger partial charge in [-0.25, -0.2) is 8.42 Å². The van der Waals surface area contributed by atoms with Gasteiger partial charge in [-0.2, -0.15) is 0 Å². The molecule has 2 heterocycles. The van der Waals surface area contributed by atoms with Gasteiger partial charge in [0.25, 0.3) is 0 Å². The third-order valence-corrected chi connectivity index (χ3v) is 4.91. The summed E-state index contributed by atoms with van der Waals surface area (Å²) >= 11 is 0. The van der Waals surface area contributed by atoms with E-state index in [0.717, 1.165) is 5.39 Å². The lowest BCUT2D eigenvalue weighted by atomic mass is 10.0. The van der Waals surface area contributed by atoms with Gasteiger partial charge < -0.3 is 9.52 Å². The predicted molar refractivity (Wildman–Crippen MR) is 63.4 cm³/mol. The number of sulfone groups is 1. The third kappa shape index (κ3) is 1.75. The molecule has 0 spiro atoms. The Kier molecular flexibility index (Phi) is 2.12. The molecule has 1 aliphatic heterocycles. The SMILES string of the molecule is O=S1(=O)CCC(O)(c2cc3ccccc3o2)C1. The molecule has 0 radical (unpaired) electrons. The van der Waals surface area contributed by atoms with Crippen molar-refractivity contribution in [3.8, 4) is 0 Å². The summed E-state index contributed by atoms with van der Waals surface area (Å²) in [4.78, 5) is 0. The van der Waals surface area contributed by atoms with Crippen LogP contribution < -0.4 is 0 Å². The Balaban J connectivity index is 2.10. The summed E-state index contributed by atoms with van der Waals surface area (Å²) in [6, 6.07) is 9.10. The van der Waals surface area contributed by atoms with Gasteiger partial charge in [0.1, 0.15) is 16.9 Å². The van der Waals surface area contributed by atoms with Gasteiger partial charge in [0.15, 0.2) is 9.84 Å². The zero-order valence-corrected chi connectivity index (χ0v) is 9.90. The van der Waals surface area contributed by atoms with Crippen LogP contribution >= 0.6 is 0 Å². The quantitative estimate of drug-likeness (QED) is 0.834. The van der Waals surface area contributed by atoms with E-state index in [2.05, 4.69) is 0 Å². The first-order valence-electron chi connectivity index (χ1n) is 5.40. The van der Waals surface area contributed by atoms with E-state index >= 15 is 0 Å². The van der Waals surface area contributed by atoms with Crippen molar-refractivity contribution < 1.29 is 17.9 Å². The van der Waals surface area contributed by atoms with Crippen LogP contribution in [0.1, 0.15) is 12.2 Å². The van der Waals surface area contributed by atoms with E-state index in [0.29, 0.717) is 11.3 Å². The number of benzene rings is 1. The Morgan fingerprint density at radius 1 is 1.29 bits per heavy atom. The Morgan fingerprint density at radius 2 is 2.06 bits per heavy atom. The molecule has 0 saturated carbocycles. The largest absolute Gasteiger partial charge is 0.458 e. The molecule has 0 amide bonds. The second kappa shape index (κ2) is 3.34. The highest BCUT2D eigenvalue weighted by Crippen LogP contribution is 2.36. The summed E-state index contributed by atoms with van der Waals surface area (Å²) in [6.45, 7) is 0. The minimum Gasteiger partial charge on any atom is -0.458 e. The lowest BCUT2D eigenvalue weighted by Crippen LogP contribution is -2.26. The maximum Gasteiger partial charge on any atom is 0.153 e. The molecular formula is C12H12O4S. The number of hydrogen-bond donors (Lipinski definition) is 1. The van der Waals surface area contributed by atoms with Gasteiger partial charge in [-0.3, -0.25) is 0 Å². The summed E-state index contributed by atoms with van der Waals surface area (Å²) in [6.07, 6.45) is 0.204. The number of para-hydroxylation sites is 1. The number of hydrogen-bond acceptors (Lipinski definition) is 4. The van der Waals surface area contributed by atoms with Crippen molar-refractivity contribution >= 4 is 20.8 Å². The van der Waals surface area contributed by atoms with Crippen LogP contribution in [0.3, 0.4) is 0 Å². The number of aliphatic hydroxyl groups is 1. The van der Waals surface area contributed by atoms with Crippen LogP contribution in [-0.4, -0.2) is 25.0 Å². The van der Waals surface area contributed by atoms with Gasteiger partial charge in [-0.1, -0.05) is 18.2 Å². The van der Waals surface area contributed by atoms with Crippen molar-refractivity contribution in [1.82, 2.24) is 0 Å². The number of furan rings is 1. The van der Waals surface area contributed by atoms with Crippen molar-refractivity contribution in [3.63, 3.8) is 0 Å². The monoisotopic (exact) mass is 252 g/mol. The highest BCUT2D eigenvalue weighted by Gasteiger charge is 2.44. The topological polar surface area (TPSA) is 67.5 Å². The van der Waals surface area contributed by atoms with Crippen molar-refractivity contribution in [2.75, 3.05) is 11.5 Å². The van der Waals surface area contributed by atoms with Crippen LogP contribution in [0, 0.1) is 0 Å². The molecule has 1 aromatic heterocycles. The lowest BCUT2D eigenvalue weighted by molar-refractivity contribution is 0.0434. The second-order valence-corrected chi connectivity index (χ2v) is 6.71. The summed E-state index contributed by atoms with van der Waals surface area (Å²) in [5, 5.41) is 11.2. The van der Waals surface area contributed by atoms with E-state index in [1.165, 1.54) is 0 Å². The second-order valence-electron chi connectivity index (χ2n) is 4.52. The molecule has 5 heteroatoms. The lowest BCUT2D eigenvalue weighted by Gasteiger charge is -2.16. The smallest absolute Gasteiger partial charge is 0.153 e. The van der Waals surface area contributed by atoms with E-state index in [9.17, 15) is 13.5 Å². The maximum absolute atomic E-state index is 11.4. The van der Waals surface area contributed by atoms with Crippen LogP contribution in [0.5, 0.6) is 0 Å². The molecule has 1 aromatic carbocycles. The van der Waals surface area contributed by atoms with Crippen LogP contribution in [0.15, 0.2) is 34.7 Å². The molecular weight excluding hydrogens is 240 g/mol. The average molecular weight is 252 g/mol. The van der Waals surface area contributed by atoms with E-state index in [-0.39, 0.29) is 17.9 Å². The molecule has 1 saturated heterocycles. The van der Waals surface area contributed by atoms with Crippen molar-refractivity contribution in [2.45, 2.75) is 12.0 Å². The van der Waals surface area contributed by atoms with Gasteiger partial charge in [0.2, 0.25) is 0 Å². The molecule has 17 heavy (non-hydrogen) atoms. The first kappa shape index (κ1) is 10.8. The van der Waals surface area contributed by atoms with E-state index < -0.39 is 15.4 Å². The Hall–Kier alpha value is -1.33. The Bertz CT molecular complexity index is 638. The summed E-state index contributed by atoms with van der Waals surface area (Å²) in [5.41, 5.74) is -0.696. The van der Waals surface area contributed by atoms with Crippen molar-refractivity contribution in [1.29, 1.82) is 0 Å². The highest BCUT2D eigenvalue weighted by atomic mass is 32.2. The summed E-state index contributed by atoms with van der Waals surface area (Å²) in [7, 11) is -3.15. The first-order chi connectivity index (χ1) is 7.99. The standard InChI is InChI=1S/C12H12O4S/c13-12(5-6-17(14,15)8-12)11-7-9-3-1-2-4-10(9)16-11/h1-4,7,13H,5-6,8H2. The fraction of sp³-hybridized carbons (Fsp3) is 0.333. The van der Waals surface area contributed by atoms with Crippen LogP contribution in [0.25, 0.3) is 11.0 Å². The fourth-order valence-corrected chi connectivity index (χ4v) is 4.05. The molecule has 4 nitrogen and oxygen atoms in total. The number of fused-ring (bicyclic) bond motifs is 1. The van der Waals surface area contributed by atoms with Crippen LogP contribution in [0.4, 0.5) is 0 Å². The Labute approximate surface area is 98.8 Å². The highest BCUT2D eigenvalue weighted by molar-refractivity contribution is 7.91. The van der Waals surface area contributed by atoms with Crippen LogP contribution in [0.2, 0.25) is 0 Å².